The minimum atomic E-state index is -0.260. The average Bonchev–Trinajstić information content (AvgIpc) is 2.62. The van der Waals surface area contributed by atoms with Gasteiger partial charge < -0.3 is 0 Å². The predicted molar refractivity (Wildman–Crippen MR) is 103 cm³/mol. The van der Waals surface area contributed by atoms with E-state index in [4.69, 9.17) is 0 Å². The van der Waals surface area contributed by atoms with Crippen molar-refractivity contribution in [2.45, 2.75) is 38.0 Å². The third-order valence-electron chi connectivity index (χ3n) is 5.02. The summed E-state index contributed by atoms with van der Waals surface area (Å²) >= 11 is 1.57. The van der Waals surface area contributed by atoms with Gasteiger partial charge in [-0.2, -0.15) is 5.26 Å². The number of aromatic nitrogens is 3. The zero-order valence-corrected chi connectivity index (χ0v) is 16.6. The summed E-state index contributed by atoms with van der Waals surface area (Å²) in [5, 5.41) is 10.2. The lowest BCUT2D eigenvalue weighted by atomic mass is 9.97. The summed E-state index contributed by atoms with van der Waals surface area (Å²) in [7, 11) is 4.02. The van der Waals surface area contributed by atoms with Gasteiger partial charge in [-0.3, -0.25) is 19.2 Å². The molecule has 3 rings (SSSR count). The number of hydrogen-bond donors (Lipinski definition) is 0. The first kappa shape index (κ1) is 18.6. The van der Waals surface area contributed by atoms with Gasteiger partial charge in [0, 0.05) is 24.1 Å². The van der Waals surface area contributed by atoms with Crippen molar-refractivity contribution in [2.75, 3.05) is 19.8 Å². The Hall–Kier alpha value is -2.17. The molecule has 1 aliphatic heterocycles. The van der Waals surface area contributed by atoms with E-state index in [2.05, 4.69) is 35.6 Å². The molecule has 7 heteroatoms. The van der Waals surface area contributed by atoms with Crippen molar-refractivity contribution in [3.05, 3.63) is 39.9 Å². The predicted octanol–water partition coefficient (Wildman–Crippen LogP) is 2.72. The van der Waals surface area contributed by atoms with Gasteiger partial charge >= 0.3 is 0 Å². The highest BCUT2D eigenvalue weighted by atomic mass is 32.2. The van der Waals surface area contributed by atoms with E-state index in [0.29, 0.717) is 28.9 Å². The van der Waals surface area contributed by atoms with E-state index < -0.39 is 0 Å². The molecule has 0 saturated carbocycles. The fourth-order valence-corrected chi connectivity index (χ4v) is 3.83. The van der Waals surface area contributed by atoms with Crippen LogP contribution in [0.25, 0.3) is 11.3 Å². The molecule has 0 N–H and O–H groups in total. The molecule has 1 unspecified atom stereocenters. The van der Waals surface area contributed by atoms with Gasteiger partial charge in [0.05, 0.1) is 16.9 Å². The van der Waals surface area contributed by atoms with Crippen LogP contribution in [0.2, 0.25) is 0 Å². The Morgan fingerprint density at radius 3 is 2.69 bits per heavy atom. The first-order chi connectivity index (χ1) is 12.3. The average molecular weight is 369 g/mol. The molecule has 0 amide bonds. The van der Waals surface area contributed by atoms with Crippen molar-refractivity contribution < 1.29 is 0 Å². The first-order valence-electron chi connectivity index (χ1n) is 8.57. The van der Waals surface area contributed by atoms with E-state index in [-0.39, 0.29) is 16.7 Å². The van der Waals surface area contributed by atoms with Crippen molar-refractivity contribution in [3.8, 4) is 17.3 Å². The van der Waals surface area contributed by atoms with Gasteiger partial charge in [-0.15, -0.1) is 0 Å². The highest BCUT2D eigenvalue weighted by Crippen LogP contribution is 2.29. The molecule has 3 heterocycles. The van der Waals surface area contributed by atoms with Crippen LogP contribution in [0.4, 0.5) is 0 Å². The normalized spacial score (nSPS) is 17.0. The maximum absolute atomic E-state index is 12.8. The summed E-state index contributed by atoms with van der Waals surface area (Å²) in [4.78, 5) is 24.1. The Labute approximate surface area is 157 Å². The molecule has 26 heavy (non-hydrogen) atoms. The molecular weight excluding hydrogens is 346 g/mol. The van der Waals surface area contributed by atoms with Crippen LogP contribution in [0, 0.1) is 17.2 Å². The molecule has 136 valence electrons. The second-order valence-electron chi connectivity index (χ2n) is 7.45. The molecule has 0 aromatic carbocycles. The number of hydrogen-bond acceptors (Lipinski definition) is 6. The minimum absolute atomic E-state index is 0.0878. The van der Waals surface area contributed by atoms with E-state index in [1.54, 1.807) is 22.5 Å². The molecular formula is C19H23N5OS. The van der Waals surface area contributed by atoms with Crippen molar-refractivity contribution in [1.29, 1.82) is 5.26 Å². The van der Waals surface area contributed by atoms with E-state index in [1.807, 2.05) is 32.3 Å². The van der Waals surface area contributed by atoms with Gasteiger partial charge in [-0.1, -0.05) is 18.7 Å². The van der Waals surface area contributed by atoms with E-state index >= 15 is 0 Å². The van der Waals surface area contributed by atoms with Crippen LogP contribution in [0.1, 0.15) is 32.0 Å². The van der Waals surface area contributed by atoms with Crippen LogP contribution >= 0.6 is 11.8 Å². The second-order valence-corrected chi connectivity index (χ2v) is 8.43. The zero-order chi connectivity index (χ0) is 19.1. The van der Waals surface area contributed by atoms with Crippen LogP contribution in [-0.4, -0.2) is 39.3 Å². The Kier molecular flexibility index (Phi) is 4.91. The molecule has 0 spiro atoms. The monoisotopic (exact) mass is 369 g/mol. The fourth-order valence-electron chi connectivity index (χ4n) is 2.82. The highest BCUT2D eigenvalue weighted by molar-refractivity contribution is 7.99. The summed E-state index contributed by atoms with van der Waals surface area (Å²) in [5.41, 5.74) is 1.65. The number of thioether (sulfide) groups is 1. The Morgan fingerprint density at radius 2 is 2.12 bits per heavy atom. The Balaban J connectivity index is 2.09. The maximum atomic E-state index is 12.8. The molecule has 1 atom stereocenters. The standard InChI is InChI=1S/C19H23N5OS/c1-12-10-24-17(25)14(8-20)16(22-18(24)26-11-12)13-6-7-15(21-9-13)19(2,3)23(4)5/h6-7,9,12H,10-11H2,1-5H3. The third-order valence-corrected chi connectivity index (χ3v) is 6.32. The topological polar surface area (TPSA) is 74.8 Å². The maximum Gasteiger partial charge on any atom is 0.272 e. The quantitative estimate of drug-likeness (QED) is 0.775. The number of rotatable bonds is 3. The SMILES string of the molecule is CC1CSc2nc(-c3ccc(C(C)(C)N(C)C)nc3)c(C#N)c(=O)n2C1. The van der Waals surface area contributed by atoms with Gasteiger partial charge in [0.15, 0.2) is 5.16 Å². The Bertz CT molecular complexity index is 925. The van der Waals surface area contributed by atoms with Crippen molar-refractivity contribution in [2.24, 2.45) is 5.92 Å². The summed E-state index contributed by atoms with van der Waals surface area (Å²) in [5.74, 6) is 1.31. The number of nitrogens with zero attached hydrogens (tertiary/aromatic N) is 5. The molecule has 0 bridgehead atoms. The van der Waals surface area contributed by atoms with Gasteiger partial charge in [0.25, 0.3) is 5.56 Å². The van der Waals surface area contributed by atoms with Crippen LogP contribution in [0.15, 0.2) is 28.3 Å². The number of fused-ring (bicyclic) bond motifs is 1. The molecule has 0 radical (unpaired) electrons. The van der Waals surface area contributed by atoms with Crippen molar-refractivity contribution >= 4 is 11.8 Å². The molecule has 0 fully saturated rings. The first-order valence-corrected chi connectivity index (χ1v) is 9.56. The van der Waals surface area contributed by atoms with Crippen LogP contribution in [-0.2, 0) is 12.1 Å². The lowest BCUT2D eigenvalue weighted by molar-refractivity contribution is 0.192. The largest absolute Gasteiger partial charge is 0.299 e. The fraction of sp³-hybridized carbons (Fsp3) is 0.474. The van der Waals surface area contributed by atoms with Gasteiger partial charge in [0.2, 0.25) is 0 Å². The molecule has 0 aliphatic carbocycles. The summed E-state index contributed by atoms with van der Waals surface area (Å²) < 4.78 is 1.62. The smallest absolute Gasteiger partial charge is 0.272 e. The van der Waals surface area contributed by atoms with Crippen molar-refractivity contribution in [1.82, 2.24) is 19.4 Å². The summed E-state index contributed by atoms with van der Waals surface area (Å²) in [6.45, 7) is 6.89. The van der Waals surface area contributed by atoms with Gasteiger partial charge in [-0.25, -0.2) is 4.98 Å². The lowest BCUT2D eigenvalue weighted by Crippen LogP contribution is -2.36. The molecule has 2 aromatic heterocycles. The Morgan fingerprint density at radius 1 is 1.38 bits per heavy atom. The number of nitriles is 1. The molecule has 2 aromatic rings. The third kappa shape index (κ3) is 3.15. The van der Waals surface area contributed by atoms with Gasteiger partial charge in [0.1, 0.15) is 11.6 Å². The van der Waals surface area contributed by atoms with Crippen LogP contribution in [0.5, 0.6) is 0 Å². The van der Waals surface area contributed by atoms with E-state index in [1.165, 1.54) is 0 Å². The number of pyridine rings is 1. The molecule has 0 saturated heterocycles. The van der Waals surface area contributed by atoms with E-state index in [9.17, 15) is 10.1 Å². The second kappa shape index (κ2) is 6.86. The van der Waals surface area contributed by atoms with Crippen LogP contribution in [0.3, 0.4) is 0 Å². The minimum Gasteiger partial charge on any atom is -0.299 e. The molecule has 6 nitrogen and oxygen atoms in total. The lowest BCUT2D eigenvalue weighted by Gasteiger charge is -2.32. The van der Waals surface area contributed by atoms with Gasteiger partial charge in [-0.05, 0) is 46.0 Å². The molecule has 1 aliphatic rings. The summed E-state index contributed by atoms with van der Waals surface area (Å²) in [6.07, 6.45) is 1.70. The highest BCUT2D eigenvalue weighted by Gasteiger charge is 2.26. The summed E-state index contributed by atoms with van der Waals surface area (Å²) in [6, 6.07) is 5.88. The van der Waals surface area contributed by atoms with E-state index in [0.717, 1.165) is 11.4 Å². The van der Waals surface area contributed by atoms with Crippen molar-refractivity contribution in [3.63, 3.8) is 0 Å². The zero-order valence-electron chi connectivity index (χ0n) is 15.8. The van der Waals surface area contributed by atoms with Crippen LogP contribution < -0.4 is 5.56 Å².